The Morgan fingerprint density at radius 1 is 0.909 bits per heavy atom. The zero-order chi connectivity index (χ0) is 32.3. The highest BCUT2D eigenvalue weighted by Gasteiger charge is 2.71. The van der Waals surface area contributed by atoms with E-state index in [-0.39, 0.29) is 24.9 Å². The predicted octanol–water partition coefficient (Wildman–Crippen LogP) is 5.56. The van der Waals surface area contributed by atoms with Gasteiger partial charge in [-0.15, -0.1) is 0 Å². The van der Waals surface area contributed by atoms with E-state index in [1.165, 1.54) is 24.3 Å². The van der Waals surface area contributed by atoms with E-state index in [0.717, 1.165) is 12.1 Å². The van der Waals surface area contributed by atoms with E-state index in [4.69, 9.17) is 0 Å². The number of rotatable bonds is 5. The van der Waals surface area contributed by atoms with Crippen LogP contribution in [0.15, 0.2) is 48.5 Å². The molecule has 3 fully saturated rings. The number of carbonyl (C=O) groups is 2. The Morgan fingerprint density at radius 3 is 1.93 bits per heavy atom. The first kappa shape index (κ1) is 31.8. The molecule has 0 spiro atoms. The third kappa shape index (κ3) is 5.21. The van der Waals surface area contributed by atoms with Gasteiger partial charge < -0.3 is 14.9 Å². The minimum atomic E-state index is -6.03. The van der Waals surface area contributed by atoms with Gasteiger partial charge in [0.05, 0.1) is 6.07 Å². The Hall–Kier alpha value is -3.66. The van der Waals surface area contributed by atoms with Crippen LogP contribution in [0.4, 0.5) is 30.7 Å². The van der Waals surface area contributed by atoms with Crippen molar-refractivity contribution in [2.75, 3.05) is 26.2 Å². The van der Waals surface area contributed by atoms with E-state index in [2.05, 4.69) is 6.07 Å². The number of hydrogen-bond acceptors (Lipinski definition) is 4. The topological polar surface area (TPSA) is 84.6 Å². The predicted molar refractivity (Wildman–Crippen MR) is 142 cm³/mol. The molecule has 6 nitrogen and oxygen atoms in total. The number of carbonyl (C=O) groups excluding carboxylic acids is 2. The second-order valence-corrected chi connectivity index (χ2v) is 12.3. The maximum atomic E-state index is 13.8. The molecule has 2 atom stereocenters. The highest BCUT2D eigenvalue weighted by Crippen LogP contribution is 2.51. The number of halogens is 7. The van der Waals surface area contributed by atoms with Crippen molar-refractivity contribution in [3.8, 4) is 6.07 Å². The third-order valence-electron chi connectivity index (χ3n) is 9.56. The van der Waals surface area contributed by atoms with Crippen LogP contribution in [0.5, 0.6) is 0 Å². The molecule has 0 unspecified atom stereocenters. The Bertz CT molecular complexity index is 1440. The molecule has 2 heterocycles. The second-order valence-electron chi connectivity index (χ2n) is 12.3. The van der Waals surface area contributed by atoms with Crippen LogP contribution >= 0.6 is 0 Å². The molecule has 0 bridgehead atoms. The summed E-state index contributed by atoms with van der Waals surface area (Å²) in [4.78, 5) is 29.7. The van der Waals surface area contributed by atoms with Crippen molar-refractivity contribution in [3.63, 3.8) is 0 Å². The van der Waals surface area contributed by atoms with Crippen LogP contribution in [0.3, 0.4) is 0 Å². The number of hydrogen-bond donors (Lipinski definition) is 1. The average molecular weight is 626 g/mol. The summed E-state index contributed by atoms with van der Waals surface area (Å²) in [5.74, 6) is -1.95. The van der Waals surface area contributed by atoms with Crippen LogP contribution in [-0.4, -0.2) is 65.3 Å². The Morgan fingerprint density at radius 2 is 1.45 bits per heavy atom. The van der Waals surface area contributed by atoms with Gasteiger partial charge in [-0.25, -0.2) is 4.39 Å². The van der Waals surface area contributed by atoms with Crippen LogP contribution in [-0.2, 0) is 20.6 Å². The number of aliphatic hydroxyl groups is 1. The summed E-state index contributed by atoms with van der Waals surface area (Å²) in [5.41, 5.74) is -7.34. The second kappa shape index (κ2) is 10.8. The summed E-state index contributed by atoms with van der Waals surface area (Å²) in [6, 6.07) is 11.0. The molecule has 1 N–H and O–H groups in total. The third-order valence-corrected chi connectivity index (χ3v) is 9.56. The van der Waals surface area contributed by atoms with E-state index in [0.29, 0.717) is 62.0 Å². The molecule has 2 aliphatic heterocycles. The molecule has 44 heavy (non-hydrogen) atoms. The zero-order valence-corrected chi connectivity index (χ0v) is 23.7. The fourth-order valence-corrected chi connectivity index (χ4v) is 6.59. The van der Waals surface area contributed by atoms with Crippen LogP contribution in [0.1, 0.15) is 55.2 Å². The maximum absolute atomic E-state index is 13.8. The van der Waals surface area contributed by atoms with Crippen molar-refractivity contribution in [1.82, 2.24) is 9.80 Å². The average Bonchev–Trinajstić information content (AvgIpc) is 3.71. The smallest absolute Gasteiger partial charge is 0.369 e. The lowest BCUT2D eigenvalue weighted by atomic mass is 9.71. The van der Waals surface area contributed by atoms with Gasteiger partial charge in [0, 0.05) is 49.0 Å². The lowest BCUT2D eigenvalue weighted by Crippen LogP contribution is -2.53. The van der Waals surface area contributed by atoms with Gasteiger partial charge in [-0.3, -0.25) is 9.59 Å². The molecule has 0 radical (unpaired) electrons. The van der Waals surface area contributed by atoms with Crippen molar-refractivity contribution >= 4 is 11.8 Å². The van der Waals surface area contributed by atoms with E-state index in [9.17, 15) is 50.7 Å². The molecular formula is C31H30F7N3O3. The van der Waals surface area contributed by atoms with Gasteiger partial charge in [-0.1, -0.05) is 43.3 Å². The molecular weight excluding hydrogens is 595 g/mol. The number of benzene rings is 2. The summed E-state index contributed by atoms with van der Waals surface area (Å²) < 4.78 is 94.5. The summed E-state index contributed by atoms with van der Waals surface area (Å²) >= 11 is 0. The standard InChI is InChI=1S/C31H30F7N3O3/c1-27(21-6-8-23(32)9-7-21)18-41(25(42)20-10-14-40(15-11-20)26(43)28(17-39)12-13-28)16-24(27)19-2-4-22(5-3-19)29(44,30(33,34)35)31(36,37)38/h2-9,20,24,44H,10-16,18H2,1H3/t24-,27+/m0/s1. The van der Waals surface area contributed by atoms with Crippen molar-refractivity contribution < 1.29 is 45.4 Å². The Kier molecular flexibility index (Phi) is 7.76. The minimum Gasteiger partial charge on any atom is -0.369 e. The van der Waals surface area contributed by atoms with E-state index >= 15 is 0 Å². The first-order chi connectivity index (χ1) is 20.5. The number of nitrogens with zero attached hydrogens (tertiary/aromatic N) is 3. The van der Waals surface area contributed by atoms with E-state index in [1.54, 1.807) is 16.7 Å². The number of alkyl halides is 6. The summed E-state index contributed by atoms with van der Waals surface area (Å²) in [5, 5.41) is 19.2. The monoisotopic (exact) mass is 625 g/mol. The van der Waals surface area contributed by atoms with Gasteiger partial charge in [0.25, 0.3) is 5.60 Å². The molecule has 2 aromatic rings. The first-order valence-electron chi connectivity index (χ1n) is 14.2. The number of piperidine rings is 1. The minimum absolute atomic E-state index is 0.0888. The lowest BCUT2D eigenvalue weighted by Gasteiger charge is -2.34. The highest BCUT2D eigenvalue weighted by atomic mass is 19.4. The quantitative estimate of drug-likeness (QED) is 0.441. The Balaban J connectivity index is 1.40. The van der Waals surface area contributed by atoms with Gasteiger partial charge in [0.15, 0.2) is 0 Å². The summed E-state index contributed by atoms with van der Waals surface area (Å²) in [7, 11) is 0. The van der Waals surface area contributed by atoms with Gasteiger partial charge in [-0.05, 0) is 48.9 Å². The SMILES string of the molecule is C[C@]1(c2ccc(F)cc2)CN(C(=O)C2CCN(C(=O)C3(C#N)CC3)CC2)C[C@H]1c1ccc(C(O)(C(F)(F)F)C(F)(F)F)cc1. The number of amides is 2. The molecule has 5 rings (SSSR count). The van der Waals surface area contributed by atoms with Gasteiger partial charge in [0.2, 0.25) is 11.8 Å². The molecule has 2 amide bonds. The van der Waals surface area contributed by atoms with Gasteiger partial charge in [-0.2, -0.15) is 31.6 Å². The Labute approximate surface area is 249 Å². The van der Waals surface area contributed by atoms with Crippen molar-refractivity contribution in [2.24, 2.45) is 11.3 Å². The van der Waals surface area contributed by atoms with Crippen LogP contribution in [0.2, 0.25) is 0 Å². The highest BCUT2D eigenvalue weighted by molar-refractivity contribution is 5.88. The van der Waals surface area contributed by atoms with Crippen LogP contribution < -0.4 is 0 Å². The maximum Gasteiger partial charge on any atom is 0.430 e. The van der Waals surface area contributed by atoms with Crippen molar-refractivity contribution in [2.45, 2.75) is 61.9 Å². The molecule has 13 heteroatoms. The molecule has 1 saturated carbocycles. The molecule has 1 aliphatic carbocycles. The molecule has 2 aromatic carbocycles. The first-order valence-corrected chi connectivity index (χ1v) is 14.2. The fourth-order valence-electron chi connectivity index (χ4n) is 6.59. The van der Waals surface area contributed by atoms with E-state index in [1.807, 2.05) is 0 Å². The van der Waals surface area contributed by atoms with Gasteiger partial charge in [0.1, 0.15) is 11.2 Å². The summed E-state index contributed by atoms with van der Waals surface area (Å²) in [6.45, 7) is 2.66. The number of likely N-dealkylation sites (tertiary alicyclic amines) is 2. The normalized spacial score (nSPS) is 24.2. The number of nitriles is 1. The molecule has 2 saturated heterocycles. The largest absolute Gasteiger partial charge is 0.430 e. The van der Waals surface area contributed by atoms with E-state index < -0.39 is 52.0 Å². The zero-order valence-electron chi connectivity index (χ0n) is 23.7. The fraction of sp³-hybridized carbons (Fsp3) is 0.516. The molecule has 0 aromatic heterocycles. The van der Waals surface area contributed by atoms with Crippen LogP contribution in [0.25, 0.3) is 0 Å². The van der Waals surface area contributed by atoms with Crippen molar-refractivity contribution in [1.29, 1.82) is 5.26 Å². The van der Waals surface area contributed by atoms with Crippen LogP contribution in [0, 0.1) is 28.5 Å². The summed E-state index contributed by atoms with van der Waals surface area (Å²) in [6.07, 6.45) is -10.3. The van der Waals surface area contributed by atoms with Crippen molar-refractivity contribution in [3.05, 3.63) is 71.0 Å². The van der Waals surface area contributed by atoms with Gasteiger partial charge >= 0.3 is 12.4 Å². The lowest BCUT2D eigenvalue weighted by molar-refractivity contribution is -0.376. The molecule has 3 aliphatic rings. The molecule has 236 valence electrons.